The molecule has 13 nitrogen and oxygen atoms in total. The summed E-state index contributed by atoms with van der Waals surface area (Å²) < 4.78 is 65.4. The van der Waals surface area contributed by atoms with Crippen LogP contribution >= 0.6 is 0 Å². The van der Waals surface area contributed by atoms with Gasteiger partial charge in [0.1, 0.15) is 29.0 Å². The van der Waals surface area contributed by atoms with Gasteiger partial charge in [-0.2, -0.15) is 18.3 Å². The van der Waals surface area contributed by atoms with E-state index in [1.807, 2.05) is 10.9 Å². The minimum absolute atomic E-state index is 0.0949. The van der Waals surface area contributed by atoms with Gasteiger partial charge in [0, 0.05) is 43.2 Å². The number of piperidine rings is 2. The summed E-state index contributed by atoms with van der Waals surface area (Å²) >= 11 is 0. The number of nitrogens with one attached hydrogen (secondary N) is 2. The first kappa shape index (κ1) is 38.3. The van der Waals surface area contributed by atoms with Crippen LogP contribution in [0.25, 0.3) is 21.9 Å². The summed E-state index contributed by atoms with van der Waals surface area (Å²) in [5.74, 6) is -1.36. The number of likely N-dealkylation sites (tertiary alicyclic amines) is 1. The number of aryl methyl sites for hydroxylation is 1. The molecule has 0 spiro atoms. The second-order valence-corrected chi connectivity index (χ2v) is 15.3. The number of imide groups is 1. The van der Waals surface area contributed by atoms with Gasteiger partial charge in [-0.05, 0) is 100 Å². The monoisotopic (exact) mass is 790 g/mol. The number of amides is 3. The van der Waals surface area contributed by atoms with Crippen molar-refractivity contribution in [2.45, 2.75) is 75.5 Å². The van der Waals surface area contributed by atoms with E-state index in [2.05, 4.69) is 20.5 Å². The standard InChI is InChI=1S/C40H42F4N8O5/c1-49-36-30(52(39(49)56)31-12-13-34(53)47-38(31)55)11-10-26(41)35(36)23-14-16-50(17-15-23)20-22-6-8-25(9-7-22)51-21-24-18-29(32(57-2)19-28(24)48-51)46-37(54)27-4-3-5-33(45-27)40(42,43)44/h3-5,10-11,18-19,21-23,25,31H,6-9,12-17,20H2,1-2H3,(H,46,54)(H,47,53,55)/t22-,25-,31-/m0/s1. The number of alkyl halides is 3. The second-order valence-electron chi connectivity index (χ2n) is 15.3. The highest BCUT2D eigenvalue weighted by Gasteiger charge is 2.35. The molecule has 1 aliphatic carbocycles. The van der Waals surface area contributed by atoms with Gasteiger partial charge < -0.3 is 15.0 Å². The number of anilines is 1. The Kier molecular flexibility index (Phi) is 10.1. The Morgan fingerprint density at radius 2 is 1.75 bits per heavy atom. The van der Waals surface area contributed by atoms with Crippen LogP contribution in [0.4, 0.5) is 23.2 Å². The molecule has 2 aromatic carbocycles. The van der Waals surface area contributed by atoms with Gasteiger partial charge in [0.2, 0.25) is 11.8 Å². The van der Waals surface area contributed by atoms with Crippen LogP contribution in [0.15, 0.2) is 53.5 Å². The van der Waals surface area contributed by atoms with Crippen LogP contribution in [-0.4, -0.2) is 73.3 Å². The third-order valence-corrected chi connectivity index (χ3v) is 11.8. The minimum atomic E-state index is -4.68. The Morgan fingerprint density at radius 1 is 1.00 bits per heavy atom. The van der Waals surface area contributed by atoms with Gasteiger partial charge in [0.25, 0.3) is 5.91 Å². The molecule has 0 unspecified atom stereocenters. The summed E-state index contributed by atoms with van der Waals surface area (Å²) in [5.41, 5.74) is 0.506. The average molecular weight is 791 g/mol. The number of imidazole rings is 1. The fourth-order valence-electron chi connectivity index (χ4n) is 8.89. The molecule has 3 fully saturated rings. The maximum atomic E-state index is 15.6. The fraction of sp³-hybridized carbons (Fsp3) is 0.450. The predicted molar refractivity (Wildman–Crippen MR) is 201 cm³/mol. The molecule has 2 saturated heterocycles. The summed E-state index contributed by atoms with van der Waals surface area (Å²) in [6, 6.07) is 8.80. The highest BCUT2D eigenvalue weighted by Crippen LogP contribution is 2.39. The van der Waals surface area contributed by atoms with Crippen LogP contribution in [0.5, 0.6) is 5.75 Å². The van der Waals surface area contributed by atoms with Crippen molar-refractivity contribution in [2.24, 2.45) is 13.0 Å². The molecule has 3 aromatic heterocycles. The van der Waals surface area contributed by atoms with E-state index >= 15 is 4.39 Å². The Labute approximate surface area is 324 Å². The van der Waals surface area contributed by atoms with Crippen molar-refractivity contribution in [3.05, 3.63) is 81.9 Å². The number of rotatable bonds is 8. The third-order valence-electron chi connectivity index (χ3n) is 11.8. The number of benzene rings is 2. The van der Waals surface area contributed by atoms with Gasteiger partial charge in [0.15, 0.2) is 0 Å². The van der Waals surface area contributed by atoms with E-state index in [0.29, 0.717) is 33.8 Å². The average Bonchev–Trinajstić information content (AvgIpc) is 3.72. The van der Waals surface area contributed by atoms with Gasteiger partial charge in [-0.1, -0.05) is 6.07 Å². The first-order valence-electron chi connectivity index (χ1n) is 19.2. The Balaban J connectivity index is 0.888. The molecule has 5 aromatic rings. The lowest BCUT2D eigenvalue weighted by Gasteiger charge is -2.37. The van der Waals surface area contributed by atoms with E-state index in [1.165, 1.54) is 28.4 Å². The number of fused-ring (bicyclic) bond motifs is 2. The number of carbonyl (C=O) groups is 3. The molecule has 2 aliphatic heterocycles. The maximum absolute atomic E-state index is 15.6. The second kappa shape index (κ2) is 15.1. The highest BCUT2D eigenvalue weighted by molar-refractivity contribution is 6.05. The van der Waals surface area contributed by atoms with Gasteiger partial charge in [-0.15, -0.1) is 0 Å². The Bertz CT molecular complexity index is 2440. The number of hydrogen-bond donors (Lipinski definition) is 2. The zero-order chi connectivity index (χ0) is 40.2. The lowest BCUT2D eigenvalue weighted by atomic mass is 9.84. The lowest BCUT2D eigenvalue weighted by Crippen LogP contribution is -2.44. The van der Waals surface area contributed by atoms with E-state index in [0.717, 1.165) is 75.7 Å². The van der Waals surface area contributed by atoms with Crippen molar-refractivity contribution in [3.63, 3.8) is 0 Å². The molecular formula is C40H42F4N8O5. The largest absolute Gasteiger partial charge is 0.494 e. The fourth-order valence-corrected chi connectivity index (χ4v) is 8.89. The van der Waals surface area contributed by atoms with E-state index in [1.54, 1.807) is 25.2 Å². The Hall–Kier alpha value is -5.58. The van der Waals surface area contributed by atoms with Crippen LogP contribution < -0.4 is 21.1 Å². The topological polar surface area (TPSA) is 145 Å². The lowest BCUT2D eigenvalue weighted by molar-refractivity contribution is -0.141. The summed E-state index contributed by atoms with van der Waals surface area (Å²) in [7, 11) is 3.04. The number of methoxy groups -OCH3 is 1. The number of carbonyl (C=O) groups excluding carboxylic acids is 3. The molecule has 1 atom stereocenters. The van der Waals surface area contributed by atoms with E-state index in [4.69, 9.17) is 9.84 Å². The molecule has 5 heterocycles. The molecule has 3 amide bonds. The molecule has 0 radical (unpaired) electrons. The quantitative estimate of drug-likeness (QED) is 0.142. The molecule has 2 N–H and O–H groups in total. The minimum Gasteiger partial charge on any atom is -0.494 e. The van der Waals surface area contributed by atoms with Gasteiger partial charge in [0.05, 0.1) is 35.4 Å². The third kappa shape index (κ3) is 7.40. The van der Waals surface area contributed by atoms with E-state index in [-0.39, 0.29) is 47.9 Å². The van der Waals surface area contributed by atoms with Crippen molar-refractivity contribution in [3.8, 4) is 5.75 Å². The van der Waals surface area contributed by atoms with Crippen LogP contribution in [0.2, 0.25) is 0 Å². The smallest absolute Gasteiger partial charge is 0.433 e. The molecule has 3 aliphatic rings. The van der Waals surface area contributed by atoms with Crippen LogP contribution in [0.1, 0.15) is 91.1 Å². The van der Waals surface area contributed by atoms with Crippen molar-refractivity contribution in [2.75, 3.05) is 32.1 Å². The summed E-state index contributed by atoms with van der Waals surface area (Å²) in [6.45, 7) is 2.51. The normalized spacial score (nSPS) is 21.3. The van der Waals surface area contributed by atoms with Crippen molar-refractivity contribution < 1.29 is 36.7 Å². The SMILES string of the molecule is COc1cc2nn([C@H]3CC[C@H](CN4CCC(c5c(F)ccc6c5n(C)c(=O)n6[C@H]5CCC(=O)NC5=O)CC4)CC3)cc2cc1NC(=O)c1cccc(C(F)(F)F)n1. The zero-order valence-electron chi connectivity index (χ0n) is 31.4. The first-order valence-corrected chi connectivity index (χ1v) is 19.2. The van der Waals surface area contributed by atoms with Crippen molar-refractivity contribution >= 4 is 45.3 Å². The van der Waals surface area contributed by atoms with Gasteiger partial charge in [-0.3, -0.25) is 33.5 Å². The Morgan fingerprint density at radius 3 is 2.46 bits per heavy atom. The summed E-state index contributed by atoms with van der Waals surface area (Å²) in [6.07, 6.45) is 2.86. The molecule has 1 saturated carbocycles. The van der Waals surface area contributed by atoms with Crippen LogP contribution in [-0.2, 0) is 22.8 Å². The van der Waals surface area contributed by atoms with Crippen molar-refractivity contribution in [1.82, 2.24) is 34.1 Å². The van der Waals surface area contributed by atoms with Crippen LogP contribution in [0.3, 0.4) is 0 Å². The van der Waals surface area contributed by atoms with E-state index < -0.39 is 35.4 Å². The number of halogens is 4. The van der Waals surface area contributed by atoms with E-state index in [9.17, 15) is 32.3 Å². The molecule has 57 heavy (non-hydrogen) atoms. The van der Waals surface area contributed by atoms with Gasteiger partial charge in [-0.25, -0.2) is 14.2 Å². The summed E-state index contributed by atoms with van der Waals surface area (Å²) in [4.78, 5) is 56.7. The maximum Gasteiger partial charge on any atom is 0.433 e. The number of hydrogen-bond acceptors (Lipinski definition) is 8. The number of nitrogens with zero attached hydrogens (tertiary/aromatic N) is 6. The predicted octanol–water partition coefficient (Wildman–Crippen LogP) is 6.09. The molecular weight excluding hydrogens is 748 g/mol. The number of aromatic nitrogens is 5. The number of pyridine rings is 1. The molecule has 300 valence electrons. The molecule has 17 heteroatoms. The first-order chi connectivity index (χ1) is 27.3. The van der Waals surface area contributed by atoms with Gasteiger partial charge >= 0.3 is 11.9 Å². The zero-order valence-corrected chi connectivity index (χ0v) is 31.4. The highest BCUT2D eigenvalue weighted by atomic mass is 19.4. The van der Waals surface area contributed by atoms with Crippen LogP contribution in [0, 0.1) is 11.7 Å². The molecule has 0 bridgehead atoms. The van der Waals surface area contributed by atoms with Crippen molar-refractivity contribution in [1.29, 1.82) is 0 Å². The molecule has 8 rings (SSSR count). The number of ether oxygens (including phenoxy) is 1. The summed E-state index contributed by atoms with van der Waals surface area (Å²) in [5, 5.41) is 10.5.